The molecule has 4 nitrogen and oxygen atoms in total. The summed E-state index contributed by atoms with van der Waals surface area (Å²) in [6, 6.07) is -0.107. The number of rotatable bonds is 5. The van der Waals surface area contributed by atoms with Crippen LogP contribution in [0.15, 0.2) is 0 Å². The van der Waals surface area contributed by atoms with Crippen LogP contribution < -0.4 is 5.73 Å². The number of carbonyl (C=O) groups excluding carboxylic acids is 1. The maximum Gasteiger partial charge on any atom is 0.150 e. The molecule has 1 fully saturated rings. The van der Waals surface area contributed by atoms with Crippen molar-refractivity contribution in [3.05, 3.63) is 0 Å². The topological polar surface area (TPSA) is 77.2 Å². The van der Waals surface area contributed by atoms with Crippen molar-refractivity contribution in [3.8, 4) is 0 Å². The Morgan fingerprint density at radius 1 is 1.50 bits per heavy atom. The number of carbonyl (C=O) groups is 1. The third-order valence-electron chi connectivity index (χ3n) is 3.75. The zero-order valence-electron chi connectivity index (χ0n) is 10.0. The first-order chi connectivity index (χ1) is 7.32. The molecule has 94 valence electrons. The third-order valence-corrected chi connectivity index (χ3v) is 5.45. The van der Waals surface area contributed by atoms with Crippen molar-refractivity contribution in [2.75, 3.05) is 11.5 Å². The van der Waals surface area contributed by atoms with Gasteiger partial charge in [-0.25, -0.2) is 8.42 Å². The molecule has 0 amide bonds. The van der Waals surface area contributed by atoms with Crippen LogP contribution in [-0.2, 0) is 14.6 Å². The molecule has 0 radical (unpaired) electrons. The van der Waals surface area contributed by atoms with Gasteiger partial charge in [0.15, 0.2) is 0 Å². The summed E-state index contributed by atoms with van der Waals surface area (Å²) in [5, 5.41) is 0. The summed E-state index contributed by atoms with van der Waals surface area (Å²) in [6.07, 6.45) is 2.73. The van der Waals surface area contributed by atoms with E-state index < -0.39 is 15.3 Å². The highest BCUT2D eigenvalue weighted by Gasteiger charge is 2.42. The van der Waals surface area contributed by atoms with Gasteiger partial charge in [-0.3, -0.25) is 4.79 Å². The van der Waals surface area contributed by atoms with Gasteiger partial charge in [-0.05, 0) is 12.8 Å². The molecular formula is C11H21NO3S. The summed E-state index contributed by atoms with van der Waals surface area (Å²) >= 11 is 0. The monoisotopic (exact) mass is 247 g/mol. The molecule has 0 aliphatic heterocycles. The fourth-order valence-electron chi connectivity index (χ4n) is 2.22. The Bertz CT molecular complexity index is 363. The van der Waals surface area contributed by atoms with Gasteiger partial charge >= 0.3 is 0 Å². The SMILES string of the molecule is CCS(=O)(=O)CCC(=O)C1(C)CCCC1N. The Hall–Kier alpha value is -0.420. The van der Waals surface area contributed by atoms with Crippen LogP contribution in [0.3, 0.4) is 0 Å². The predicted octanol–water partition coefficient (Wildman–Crippen LogP) is 0.898. The van der Waals surface area contributed by atoms with Crippen molar-refractivity contribution in [3.63, 3.8) is 0 Å². The molecule has 5 heteroatoms. The predicted molar refractivity (Wildman–Crippen MR) is 63.9 cm³/mol. The number of ketones is 1. The van der Waals surface area contributed by atoms with Crippen LogP contribution in [0.1, 0.15) is 39.5 Å². The summed E-state index contributed by atoms with van der Waals surface area (Å²) in [5.41, 5.74) is 5.42. The molecule has 0 heterocycles. The highest BCUT2D eigenvalue weighted by atomic mass is 32.2. The van der Waals surface area contributed by atoms with Crippen LogP contribution >= 0.6 is 0 Å². The standard InChI is InChI=1S/C11H21NO3S/c1-3-16(14,15)8-6-10(13)11(2)7-4-5-9(11)12/h9H,3-8,12H2,1-2H3. The molecule has 2 atom stereocenters. The van der Waals surface area contributed by atoms with Crippen molar-refractivity contribution in [2.24, 2.45) is 11.1 Å². The van der Waals surface area contributed by atoms with Gasteiger partial charge in [-0.2, -0.15) is 0 Å². The summed E-state index contributed by atoms with van der Waals surface area (Å²) in [4.78, 5) is 12.0. The molecule has 0 aromatic rings. The fourth-order valence-corrected chi connectivity index (χ4v) is 3.00. The number of hydrogen-bond acceptors (Lipinski definition) is 4. The summed E-state index contributed by atoms with van der Waals surface area (Å²) in [6.45, 7) is 3.47. The van der Waals surface area contributed by atoms with Crippen LogP contribution in [0.5, 0.6) is 0 Å². The second-order valence-electron chi connectivity index (χ2n) is 4.83. The van der Waals surface area contributed by atoms with Crippen molar-refractivity contribution in [1.82, 2.24) is 0 Å². The van der Waals surface area contributed by atoms with Crippen molar-refractivity contribution in [1.29, 1.82) is 0 Å². The molecule has 1 rings (SSSR count). The van der Waals surface area contributed by atoms with Gasteiger partial charge in [0.05, 0.1) is 5.75 Å². The smallest absolute Gasteiger partial charge is 0.150 e. The Morgan fingerprint density at radius 2 is 2.12 bits per heavy atom. The van der Waals surface area contributed by atoms with E-state index in [4.69, 9.17) is 5.73 Å². The Kier molecular flexibility index (Phi) is 4.12. The number of nitrogens with two attached hydrogens (primary N) is 1. The van der Waals surface area contributed by atoms with E-state index in [1.807, 2.05) is 6.92 Å². The molecule has 2 N–H and O–H groups in total. The maximum absolute atomic E-state index is 12.0. The van der Waals surface area contributed by atoms with Crippen molar-refractivity contribution in [2.45, 2.75) is 45.6 Å². The molecule has 0 aromatic carbocycles. The maximum atomic E-state index is 12.0. The number of Topliss-reactive ketones (excluding diaryl/α,β-unsaturated/α-hetero) is 1. The van der Waals surface area contributed by atoms with Gasteiger partial charge in [0.1, 0.15) is 15.6 Å². The zero-order chi connectivity index (χ0) is 12.4. The first-order valence-corrected chi connectivity index (χ1v) is 7.63. The summed E-state index contributed by atoms with van der Waals surface area (Å²) in [7, 11) is -3.05. The first-order valence-electron chi connectivity index (χ1n) is 5.81. The summed E-state index contributed by atoms with van der Waals surface area (Å²) < 4.78 is 22.6. The van der Waals surface area contributed by atoms with Crippen molar-refractivity contribution < 1.29 is 13.2 Å². The molecule has 0 saturated heterocycles. The Labute approximate surface area is 97.5 Å². The molecule has 2 unspecified atom stereocenters. The Morgan fingerprint density at radius 3 is 2.56 bits per heavy atom. The van der Waals surface area contributed by atoms with Crippen LogP contribution in [0.2, 0.25) is 0 Å². The normalized spacial score (nSPS) is 30.6. The van der Waals surface area contributed by atoms with Gasteiger partial charge in [0.25, 0.3) is 0 Å². The van der Waals surface area contributed by atoms with Crippen LogP contribution in [-0.4, -0.2) is 31.7 Å². The van der Waals surface area contributed by atoms with E-state index in [0.717, 1.165) is 19.3 Å². The first kappa shape index (κ1) is 13.6. The van der Waals surface area contributed by atoms with Gasteiger partial charge < -0.3 is 5.73 Å². The minimum Gasteiger partial charge on any atom is -0.327 e. The van der Waals surface area contributed by atoms with E-state index in [2.05, 4.69) is 0 Å². The van der Waals surface area contributed by atoms with Crippen LogP contribution in [0, 0.1) is 5.41 Å². The largest absolute Gasteiger partial charge is 0.327 e. The van der Waals surface area contributed by atoms with Crippen LogP contribution in [0.25, 0.3) is 0 Å². The molecule has 1 aliphatic rings. The van der Waals surface area contributed by atoms with E-state index in [0.29, 0.717) is 0 Å². The molecule has 0 aromatic heterocycles. The van der Waals surface area contributed by atoms with Gasteiger partial charge in [-0.1, -0.05) is 20.3 Å². The van der Waals surface area contributed by atoms with Crippen LogP contribution in [0.4, 0.5) is 0 Å². The average molecular weight is 247 g/mol. The molecule has 1 aliphatic carbocycles. The lowest BCUT2D eigenvalue weighted by molar-refractivity contribution is -0.127. The second-order valence-corrected chi connectivity index (χ2v) is 7.30. The lowest BCUT2D eigenvalue weighted by atomic mass is 9.80. The van der Waals surface area contributed by atoms with E-state index in [1.165, 1.54) is 0 Å². The molecule has 0 spiro atoms. The quantitative estimate of drug-likeness (QED) is 0.783. The van der Waals surface area contributed by atoms with E-state index in [9.17, 15) is 13.2 Å². The van der Waals surface area contributed by atoms with E-state index >= 15 is 0 Å². The molecule has 1 saturated carbocycles. The lowest BCUT2D eigenvalue weighted by Gasteiger charge is -2.27. The second kappa shape index (κ2) is 4.84. The van der Waals surface area contributed by atoms with Crippen molar-refractivity contribution >= 4 is 15.6 Å². The minimum absolute atomic E-state index is 0.00882. The highest BCUT2D eigenvalue weighted by Crippen LogP contribution is 2.38. The van der Waals surface area contributed by atoms with E-state index in [1.54, 1.807) is 6.92 Å². The van der Waals surface area contributed by atoms with Gasteiger partial charge in [-0.15, -0.1) is 0 Å². The molecule has 16 heavy (non-hydrogen) atoms. The lowest BCUT2D eigenvalue weighted by Crippen LogP contribution is -2.41. The number of sulfone groups is 1. The molecule has 0 bridgehead atoms. The summed E-state index contributed by atoms with van der Waals surface area (Å²) in [5.74, 6) is 0.0720. The highest BCUT2D eigenvalue weighted by molar-refractivity contribution is 7.91. The zero-order valence-corrected chi connectivity index (χ0v) is 10.8. The van der Waals surface area contributed by atoms with Gasteiger partial charge in [0.2, 0.25) is 0 Å². The fraction of sp³-hybridized carbons (Fsp3) is 0.909. The minimum atomic E-state index is -3.05. The Balaban J connectivity index is 2.59. The van der Waals surface area contributed by atoms with E-state index in [-0.39, 0.29) is 29.8 Å². The van der Waals surface area contributed by atoms with Gasteiger partial charge in [0, 0.05) is 23.6 Å². The molecular weight excluding hydrogens is 226 g/mol. The number of hydrogen-bond donors (Lipinski definition) is 1. The average Bonchev–Trinajstić information content (AvgIpc) is 2.57. The third kappa shape index (κ3) is 2.83.